The van der Waals surface area contributed by atoms with Crippen LogP contribution in [0.5, 0.6) is 0 Å². The summed E-state index contributed by atoms with van der Waals surface area (Å²) in [6, 6.07) is 33.1. The van der Waals surface area contributed by atoms with Crippen molar-refractivity contribution in [1.82, 2.24) is 0 Å². The van der Waals surface area contributed by atoms with Gasteiger partial charge in [-0.15, -0.1) is 0 Å². The molecule has 0 aromatic heterocycles. The Bertz CT molecular complexity index is 1910. The highest BCUT2D eigenvalue weighted by molar-refractivity contribution is 7.03. The molecule has 0 radical (unpaired) electrons. The van der Waals surface area contributed by atoms with Crippen LogP contribution in [0.3, 0.4) is 0 Å². The van der Waals surface area contributed by atoms with Crippen molar-refractivity contribution in [2.75, 3.05) is 4.90 Å². The fourth-order valence-corrected chi connectivity index (χ4v) is 9.84. The average molecular weight is 539 g/mol. The highest BCUT2D eigenvalue weighted by Gasteiger charge is 2.52. The molecule has 0 fully saturated rings. The highest BCUT2D eigenvalue weighted by Crippen LogP contribution is 2.46. The number of rotatable bonds is 0. The van der Waals surface area contributed by atoms with Crippen molar-refractivity contribution in [3.05, 3.63) is 124 Å². The highest BCUT2D eigenvalue weighted by atomic mass is 15.2. The molecule has 5 aromatic rings. The molecule has 0 saturated carbocycles. The monoisotopic (exact) mass is 539 g/mol. The molecule has 4 aliphatic rings. The fourth-order valence-electron chi connectivity index (χ4n) is 9.84. The maximum absolute atomic E-state index is 2.67. The molecule has 0 bridgehead atoms. The van der Waals surface area contributed by atoms with Crippen molar-refractivity contribution in [1.29, 1.82) is 0 Å². The van der Waals surface area contributed by atoms with E-state index in [9.17, 15) is 0 Å². The Kier molecular flexibility index (Phi) is 4.51. The standard InChI is InChI=1S/C39H35B2N/c1-22-20-29-37-30(21-22)41-28-15-11-9-13-26(28)39(6,7)34-24(3)17-19-32(36(34)41)42(37)31-18-16-23(2)33-35(31)40(29)27-14-10-8-12-25(27)38(33,4)5/h8-21H,1-7H3. The number of benzene rings is 5. The number of fused-ring (bicyclic) bond motifs is 8. The van der Waals surface area contributed by atoms with E-state index in [2.05, 4.69) is 138 Å². The zero-order valence-electron chi connectivity index (χ0n) is 25.7. The minimum Gasteiger partial charge on any atom is -0.313 e. The van der Waals surface area contributed by atoms with Crippen LogP contribution in [0, 0.1) is 20.8 Å². The van der Waals surface area contributed by atoms with E-state index in [1.165, 1.54) is 88.8 Å². The summed E-state index contributed by atoms with van der Waals surface area (Å²) in [6.45, 7) is 17.1. The maximum atomic E-state index is 2.67. The second-order valence-electron chi connectivity index (χ2n) is 14.3. The summed E-state index contributed by atoms with van der Waals surface area (Å²) >= 11 is 0. The molecule has 4 aliphatic heterocycles. The number of hydrogen-bond donors (Lipinski definition) is 0. The summed E-state index contributed by atoms with van der Waals surface area (Å²) in [5.74, 6) is 0. The molecule has 42 heavy (non-hydrogen) atoms. The van der Waals surface area contributed by atoms with Crippen molar-refractivity contribution >= 4 is 63.3 Å². The molecule has 0 unspecified atom stereocenters. The molecular formula is C39H35B2N. The fraction of sp³-hybridized carbons (Fsp3) is 0.231. The van der Waals surface area contributed by atoms with Gasteiger partial charge in [0.25, 0.3) is 0 Å². The van der Waals surface area contributed by atoms with Crippen LogP contribution in [-0.2, 0) is 10.8 Å². The van der Waals surface area contributed by atoms with Crippen LogP contribution in [0.1, 0.15) is 66.6 Å². The second-order valence-corrected chi connectivity index (χ2v) is 14.3. The first-order valence-corrected chi connectivity index (χ1v) is 15.5. The van der Waals surface area contributed by atoms with E-state index in [-0.39, 0.29) is 24.3 Å². The average Bonchev–Trinajstić information content (AvgIpc) is 2.96. The van der Waals surface area contributed by atoms with E-state index in [1.807, 2.05) is 0 Å². The molecule has 0 N–H and O–H groups in total. The van der Waals surface area contributed by atoms with Crippen LogP contribution in [0.25, 0.3) is 0 Å². The Labute approximate surface area is 250 Å². The molecule has 5 aromatic carbocycles. The van der Waals surface area contributed by atoms with Gasteiger partial charge in [-0.25, -0.2) is 0 Å². The van der Waals surface area contributed by atoms with Crippen LogP contribution >= 0.6 is 0 Å². The van der Waals surface area contributed by atoms with Gasteiger partial charge in [0.15, 0.2) is 0 Å². The summed E-state index contributed by atoms with van der Waals surface area (Å²) in [7, 11) is 0. The Morgan fingerprint density at radius 3 is 1.40 bits per heavy atom. The summed E-state index contributed by atoms with van der Waals surface area (Å²) in [5, 5.41) is 0. The quantitative estimate of drug-likeness (QED) is 0.245. The molecule has 0 amide bonds. The smallest absolute Gasteiger partial charge is 0.247 e. The Morgan fingerprint density at radius 2 is 0.952 bits per heavy atom. The molecule has 0 saturated heterocycles. The van der Waals surface area contributed by atoms with Crippen LogP contribution in [0.2, 0.25) is 0 Å². The van der Waals surface area contributed by atoms with Crippen LogP contribution in [-0.4, -0.2) is 13.4 Å². The Hall–Kier alpha value is -3.97. The first-order valence-electron chi connectivity index (χ1n) is 15.5. The van der Waals surface area contributed by atoms with E-state index in [4.69, 9.17) is 0 Å². The Balaban J connectivity index is 1.48. The minimum absolute atomic E-state index is 0.0708. The predicted octanol–water partition coefficient (Wildman–Crippen LogP) is 5.02. The number of hydrogen-bond acceptors (Lipinski definition) is 1. The molecule has 0 atom stereocenters. The zero-order valence-corrected chi connectivity index (χ0v) is 25.7. The number of anilines is 3. The van der Waals surface area contributed by atoms with Crippen molar-refractivity contribution in [2.24, 2.45) is 0 Å². The molecule has 9 rings (SSSR count). The third-order valence-electron chi connectivity index (χ3n) is 11.2. The molecule has 202 valence electrons. The van der Waals surface area contributed by atoms with Gasteiger partial charge < -0.3 is 4.90 Å². The van der Waals surface area contributed by atoms with E-state index >= 15 is 0 Å². The number of nitrogens with zero attached hydrogens (tertiary/aromatic N) is 1. The third kappa shape index (κ3) is 2.70. The minimum atomic E-state index is -0.0708. The van der Waals surface area contributed by atoms with Crippen molar-refractivity contribution in [3.63, 3.8) is 0 Å². The van der Waals surface area contributed by atoms with Gasteiger partial charge in [-0.1, -0.05) is 117 Å². The zero-order chi connectivity index (χ0) is 28.9. The summed E-state index contributed by atoms with van der Waals surface area (Å²) in [6.07, 6.45) is 0. The lowest BCUT2D eigenvalue weighted by atomic mass is 9.26. The molecule has 0 spiro atoms. The van der Waals surface area contributed by atoms with Crippen molar-refractivity contribution in [2.45, 2.75) is 59.3 Å². The number of aryl methyl sites for hydroxylation is 3. The Morgan fingerprint density at radius 1 is 0.524 bits per heavy atom. The molecule has 0 aliphatic carbocycles. The topological polar surface area (TPSA) is 3.24 Å². The van der Waals surface area contributed by atoms with Gasteiger partial charge >= 0.3 is 0 Å². The van der Waals surface area contributed by atoms with E-state index in [0.29, 0.717) is 0 Å². The van der Waals surface area contributed by atoms with Crippen LogP contribution in [0.4, 0.5) is 17.1 Å². The molecule has 3 heteroatoms. The lowest BCUT2D eigenvalue weighted by Crippen LogP contribution is -2.70. The van der Waals surface area contributed by atoms with Gasteiger partial charge in [0.05, 0.1) is 0 Å². The van der Waals surface area contributed by atoms with Crippen molar-refractivity contribution in [3.8, 4) is 0 Å². The van der Waals surface area contributed by atoms with Crippen molar-refractivity contribution < 1.29 is 0 Å². The largest absolute Gasteiger partial charge is 0.313 e. The molecule has 1 nitrogen and oxygen atoms in total. The third-order valence-corrected chi connectivity index (χ3v) is 11.2. The predicted molar refractivity (Wildman–Crippen MR) is 182 cm³/mol. The summed E-state index contributed by atoms with van der Waals surface area (Å²) in [5.41, 5.74) is 22.9. The maximum Gasteiger partial charge on any atom is 0.247 e. The SMILES string of the molecule is Cc1cc2c3c(c1)B1c4ccccc4C(C)(C)c4c(C)ccc(c41)N3c1ccc(C)c3c1B2c1ccccc1C3(C)C. The van der Waals surface area contributed by atoms with Gasteiger partial charge in [-0.2, -0.15) is 0 Å². The lowest BCUT2D eigenvalue weighted by Gasteiger charge is -2.51. The van der Waals surface area contributed by atoms with Crippen LogP contribution < -0.4 is 37.7 Å². The first-order chi connectivity index (χ1) is 20.1. The van der Waals surface area contributed by atoms with E-state index in [0.717, 1.165) is 0 Å². The first kappa shape index (κ1) is 24.6. The van der Waals surface area contributed by atoms with Gasteiger partial charge in [0, 0.05) is 27.9 Å². The van der Waals surface area contributed by atoms with Gasteiger partial charge in [0.2, 0.25) is 13.4 Å². The van der Waals surface area contributed by atoms with Gasteiger partial charge in [-0.3, -0.25) is 0 Å². The van der Waals surface area contributed by atoms with E-state index < -0.39 is 0 Å². The normalized spacial score (nSPS) is 17.2. The summed E-state index contributed by atoms with van der Waals surface area (Å²) < 4.78 is 0. The molecular weight excluding hydrogens is 504 g/mol. The lowest BCUT2D eigenvalue weighted by molar-refractivity contribution is 0.640. The summed E-state index contributed by atoms with van der Waals surface area (Å²) in [4.78, 5) is 2.67. The van der Waals surface area contributed by atoms with Gasteiger partial charge in [-0.05, 0) is 88.1 Å². The van der Waals surface area contributed by atoms with Gasteiger partial charge in [0.1, 0.15) is 0 Å². The van der Waals surface area contributed by atoms with Crippen LogP contribution in [0.15, 0.2) is 84.9 Å². The van der Waals surface area contributed by atoms with E-state index in [1.54, 1.807) is 0 Å². The molecule has 4 heterocycles. The second kappa shape index (κ2) is 7.70.